The number of aromatic nitrogens is 1. The lowest BCUT2D eigenvalue weighted by Crippen LogP contribution is -2.39. The number of rotatable bonds is 5. The predicted octanol–water partition coefficient (Wildman–Crippen LogP) is 5.08. The van der Waals surface area contributed by atoms with Crippen LogP contribution in [0.2, 0.25) is 10.0 Å². The first-order valence-corrected chi connectivity index (χ1v) is 12.4. The molecule has 1 aliphatic rings. The van der Waals surface area contributed by atoms with Gasteiger partial charge in [-0.2, -0.15) is 0 Å². The molecule has 0 radical (unpaired) electrons. The third kappa shape index (κ3) is 5.51. The molecule has 0 aliphatic carbocycles. The van der Waals surface area contributed by atoms with Gasteiger partial charge in [0.05, 0.1) is 5.52 Å². The number of halogens is 3. The zero-order valence-electron chi connectivity index (χ0n) is 18.8. The van der Waals surface area contributed by atoms with Gasteiger partial charge in [0.1, 0.15) is 5.69 Å². The van der Waals surface area contributed by atoms with E-state index in [9.17, 15) is 14.4 Å². The summed E-state index contributed by atoms with van der Waals surface area (Å²) in [6.07, 6.45) is 0. The fourth-order valence-corrected chi connectivity index (χ4v) is 4.67. The van der Waals surface area contributed by atoms with Crippen molar-refractivity contribution in [1.82, 2.24) is 9.99 Å². The molecule has 0 fully saturated rings. The van der Waals surface area contributed by atoms with E-state index in [1.807, 2.05) is 0 Å². The first-order chi connectivity index (χ1) is 17.8. The van der Waals surface area contributed by atoms with Gasteiger partial charge in [-0.3, -0.25) is 19.8 Å². The zero-order chi connectivity index (χ0) is 26.1. The fourth-order valence-electron chi connectivity index (χ4n) is 3.76. The highest BCUT2D eigenvalue weighted by Crippen LogP contribution is 2.32. The van der Waals surface area contributed by atoms with E-state index in [0.717, 1.165) is 10.0 Å². The number of anilines is 1. The number of carbonyl (C=O) groups excluding carboxylic acids is 3. The highest BCUT2D eigenvalue weighted by molar-refractivity contribution is 9.10. The Morgan fingerprint density at radius 3 is 2.43 bits per heavy atom. The second-order valence-corrected chi connectivity index (χ2v) is 9.78. The highest BCUT2D eigenvalue weighted by Gasteiger charge is 2.22. The molecule has 3 amide bonds. The monoisotopic (exact) mass is 602 g/mol. The van der Waals surface area contributed by atoms with Crippen molar-refractivity contribution in [3.8, 4) is 11.5 Å². The topological polar surface area (TPSA) is 111 Å². The van der Waals surface area contributed by atoms with Gasteiger partial charge in [-0.1, -0.05) is 45.2 Å². The molecule has 0 unspecified atom stereocenters. The van der Waals surface area contributed by atoms with Gasteiger partial charge in [0.15, 0.2) is 11.5 Å². The van der Waals surface area contributed by atoms with E-state index < -0.39 is 17.7 Å². The van der Waals surface area contributed by atoms with Crippen molar-refractivity contribution in [2.24, 2.45) is 0 Å². The van der Waals surface area contributed by atoms with Crippen molar-refractivity contribution in [1.29, 1.82) is 0 Å². The molecule has 188 valence electrons. The molecule has 0 spiro atoms. The molecule has 0 bridgehead atoms. The quantitative estimate of drug-likeness (QED) is 0.276. The molecule has 9 nitrogen and oxygen atoms in total. The number of nitrogens with zero attached hydrogens (tertiary/aromatic N) is 1. The summed E-state index contributed by atoms with van der Waals surface area (Å²) in [5.41, 5.74) is 4.20. The van der Waals surface area contributed by atoms with Gasteiger partial charge in [0.25, 0.3) is 5.91 Å². The maximum atomic E-state index is 13.2. The van der Waals surface area contributed by atoms with Crippen molar-refractivity contribution in [3.05, 3.63) is 86.4 Å². The first kappa shape index (κ1) is 24.9. The van der Waals surface area contributed by atoms with Crippen LogP contribution in [0.5, 0.6) is 11.5 Å². The molecule has 12 heteroatoms. The minimum Gasteiger partial charge on any atom is -0.454 e. The number of hydrogen-bond donors (Lipinski definition) is 3. The molecule has 1 aliphatic heterocycles. The second kappa shape index (κ2) is 10.3. The van der Waals surface area contributed by atoms with E-state index in [-0.39, 0.29) is 19.0 Å². The van der Waals surface area contributed by atoms with E-state index in [0.29, 0.717) is 38.1 Å². The number of nitrogens with one attached hydrogen (secondary N) is 3. The van der Waals surface area contributed by atoms with Gasteiger partial charge in [-0.05, 0) is 60.2 Å². The van der Waals surface area contributed by atoms with E-state index in [4.69, 9.17) is 32.7 Å². The first-order valence-electron chi connectivity index (χ1n) is 10.8. The average Bonchev–Trinajstić information content (AvgIpc) is 3.45. The van der Waals surface area contributed by atoms with Gasteiger partial charge in [-0.25, -0.2) is 4.68 Å². The Balaban J connectivity index is 1.35. The number of carbonyl (C=O) groups is 3. The smallest absolute Gasteiger partial charge is 0.328 e. The van der Waals surface area contributed by atoms with Crippen LogP contribution in [-0.4, -0.2) is 29.2 Å². The van der Waals surface area contributed by atoms with E-state index in [1.165, 1.54) is 22.9 Å². The summed E-state index contributed by atoms with van der Waals surface area (Å²) in [5.74, 6) is -1.21. The van der Waals surface area contributed by atoms with Crippen molar-refractivity contribution in [2.45, 2.75) is 6.54 Å². The number of ether oxygens (including phenoxy) is 2. The van der Waals surface area contributed by atoms with Gasteiger partial charge in [0.2, 0.25) is 6.79 Å². The lowest BCUT2D eigenvalue weighted by atomic mass is 10.2. The van der Waals surface area contributed by atoms with Gasteiger partial charge in [-0.15, -0.1) is 0 Å². The number of benzene rings is 3. The van der Waals surface area contributed by atoms with E-state index in [1.54, 1.807) is 42.5 Å². The summed E-state index contributed by atoms with van der Waals surface area (Å²) in [6, 6.07) is 16.7. The van der Waals surface area contributed by atoms with Crippen LogP contribution in [0.15, 0.2) is 65.1 Å². The van der Waals surface area contributed by atoms with Crippen molar-refractivity contribution < 1.29 is 23.9 Å². The molecule has 0 atom stereocenters. The van der Waals surface area contributed by atoms with Crippen molar-refractivity contribution in [3.63, 3.8) is 0 Å². The molecule has 0 saturated carbocycles. The normalized spacial score (nSPS) is 11.9. The number of amides is 3. The van der Waals surface area contributed by atoms with Crippen LogP contribution in [-0.2, 0) is 16.1 Å². The summed E-state index contributed by atoms with van der Waals surface area (Å²) < 4.78 is 12.6. The molecular weight excluding hydrogens is 587 g/mol. The summed E-state index contributed by atoms with van der Waals surface area (Å²) >= 11 is 15.5. The lowest BCUT2D eigenvalue weighted by molar-refractivity contribution is -0.136. The SMILES string of the molecule is O=C(NCc1ccc2c(c1)OCO2)C(=O)Nn1c(C(=O)Nc2cc(Cl)cc(Cl)c2)cc2cc(Br)ccc21. The van der Waals surface area contributed by atoms with Crippen LogP contribution in [0.3, 0.4) is 0 Å². The Labute approximate surface area is 228 Å². The molecule has 3 aromatic carbocycles. The molecule has 2 heterocycles. The Morgan fingerprint density at radius 1 is 0.892 bits per heavy atom. The molecule has 1 aromatic heterocycles. The second-order valence-electron chi connectivity index (χ2n) is 7.99. The maximum absolute atomic E-state index is 13.2. The summed E-state index contributed by atoms with van der Waals surface area (Å²) in [7, 11) is 0. The fraction of sp³-hybridized carbons (Fsp3) is 0.0800. The van der Waals surface area contributed by atoms with Crippen LogP contribution < -0.4 is 25.5 Å². The molecule has 3 N–H and O–H groups in total. The third-order valence-electron chi connectivity index (χ3n) is 5.43. The minimum atomic E-state index is -0.957. The molecular formula is C25H17BrCl2N4O5. The van der Waals surface area contributed by atoms with Gasteiger partial charge in [0, 0.05) is 32.1 Å². The predicted molar refractivity (Wildman–Crippen MR) is 143 cm³/mol. The average molecular weight is 604 g/mol. The molecule has 37 heavy (non-hydrogen) atoms. The van der Waals surface area contributed by atoms with Crippen LogP contribution in [0.4, 0.5) is 5.69 Å². The molecule has 5 rings (SSSR count). The molecule has 4 aromatic rings. The largest absolute Gasteiger partial charge is 0.454 e. The van der Waals surface area contributed by atoms with Crippen molar-refractivity contribution in [2.75, 3.05) is 17.5 Å². The Hall–Kier alpha value is -3.73. The lowest BCUT2D eigenvalue weighted by Gasteiger charge is -2.13. The maximum Gasteiger partial charge on any atom is 0.328 e. The van der Waals surface area contributed by atoms with Crippen LogP contribution in [0.1, 0.15) is 16.1 Å². The van der Waals surface area contributed by atoms with E-state index >= 15 is 0 Å². The van der Waals surface area contributed by atoms with Crippen LogP contribution in [0, 0.1) is 0 Å². The number of hydrogen-bond acceptors (Lipinski definition) is 5. The standard InChI is InChI=1S/C25H17BrCl2N4O5/c26-15-2-3-19-14(6-15)7-20(23(33)30-18-9-16(27)8-17(28)10-18)32(19)31-25(35)24(34)29-11-13-1-4-21-22(5-13)37-12-36-21/h1-10H,11-12H2,(H,29,34)(H,30,33)(H,31,35). The van der Waals surface area contributed by atoms with Gasteiger partial charge < -0.3 is 20.1 Å². The minimum absolute atomic E-state index is 0.0844. The van der Waals surface area contributed by atoms with Crippen LogP contribution >= 0.6 is 39.1 Å². The summed E-state index contributed by atoms with van der Waals surface area (Å²) in [5, 5.41) is 6.62. The summed E-state index contributed by atoms with van der Waals surface area (Å²) in [4.78, 5) is 38.5. The van der Waals surface area contributed by atoms with Crippen molar-refractivity contribution >= 4 is 73.4 Å². The Morgan fingerprint density at radius 2 is 1.65 bits per heavy atom. The third-order valence-corrected chi connectivity index (χ3v) is 6.36. The summed E-state index contributed by atoms with van der Waals surface area (Å²) in [6.45, 7) is 0.223. The molecule has 0 saturated heterocycles. The van der Waals surface area contributed by atoms with E-state index in [2.05, 4.69) is 32.0 Å². The Kier molecular flexibility index (Phi) is 6.96. The van der Waals surface area contributed by atoms with Crippen LogP contribution in [0.25, 0.3) is 10.9 Å². The zero-order valence-corrected chi connectivity index (χ0v) is 21.9. The Bertz CT molecular complexity index is 1550. The highest BCUT2D eigenvalue weighted by atomic mass is 79.9. The number of fused-ring (bicyclic) bond motifs is 2. The van der Waals surface area contributed by atoms with Gasteiger partial charge >= 0.3 is 11.8 Å².